The van der Waals surface area contributed by atoms with E-state index in [1.807, 2.05) is 24.3 Å². The van der Waals surface area contributed by atoms with Crippen molar-refractivity contribution >= 4 is 22.7 Å². The molecular weight excluding hydrogens is 240 g/mol. The minimum absolute atomic E-state index is 0.193. The van der Waals surface area contributed by atoms with Crippen LogP contribution >= 0.6 is 0 Å². The van der Waals surface area contributed by atoms with Gasteiger partial charge in [-0.25, -0.2) is 4.98 Å². The summed E-state index contributed by atoms with van der Waals surface area (Å²) in [6.45, 7) is 5.81. The Kier molecular flexibility index (Phi) is 2.98. The highest BCUT2D eigenvalue weighted by molar-refractivity contribution is 5.90. The number of morpholine rings is 1. The van der Waals surface area contributed by atoms with Gasteiger partial charge in [0.05, 0.1) is 17.7 Å². The molecule has 1 aromatic heterocycles. The average molecular weight is 258 g/mol. The smallest absolute Gasteiger partial charge is 0.222 e. The number of rotatable bonds is 1. The first-order valence-corrected chi connectivity index (χ1v) is 6.56. The Labute approximate surface area is 112 Å². The van der Waals surface area contributed by atoms with E-state index in [1.54, 1.807) is 0 Å². The summed E-state index contributed by atoms with van der Waals surface area (Å²) in [6.07, 6.45) is 0.386. The highest BCUT2D eigenvalue weighted by Crippen LogP contribution is 2.27. The van der Waals surface area contributed by atoms with Crippen molar-refractivity contribution in [1.82, 2.24) is 9.97 Å². The van der Waals surface area contributed by atoms with Gasteiger partial charge in [-0.1, -0.05) is 12.1 Å². The van der Waals surface area contributed by atoms with Gasteiger partial charge in [-0.2, -0.15) is 4.98 Å². The predicted molar refractivity (Wildman–Crippen MR) is 76.2 cm³/mol. The third-order valence-corrected chi connectivity index (χ3v) is 3.32. The van der Waals surface area contributed by atoms with E-state index in [2.05, 4.69) is 28.7 Å². The monoisotopic (exact) mass is 258 g/mol. The van der Waals surface area contributed by atoms with Crippen LogP contribution in [0.15, 0.2) is 24.3 Å². The van der Waals surface area contributed by atoms with Crippen molar-refractivity contribution < 1.29 is 4.74 Å². The van der Waals surface area contributed by atoms with Crippen LogP contribution in [-0.2, 0) is 4.74 Å². The molecule has 0 amide bonds. The molecule has 0 aliphatic carbocycles. The summed E-state index contributed by atoms with van der Waals surface area (Å²) >= 11 is 0. The van der Waals surface area contributed by atoms with E-state index >= 15 is 0 Å². The molecule has 2 heterocycles. The number of para-hydroxylation sites is 1. The molecular formula is C14H18N4O. The third-order valence-electron chi connectivity index (χ3n) is 3.32. The summed E-state index contributed by atoms with van der Waals surface area (Å²) < 4.78 is 5.76. The molecule has 1 aromatic carbocycles. The fraction of sp³-hybridized carbons (Fsp3) is 0.429. The Bertz CT molecular complexity index is 591. The molecule has 2 aromatic rings. The number of nitrogens with zero attached hydrogens (tertiary/aromatic N) is 3. The zero-order valence-corrected chi connectivity index (χ0v) is 11.2. The largest absolute Gasteiger partial charge is 0.372 e. The first-order chi connectivity index (χ1) is 9.13. The highest BCUT2D eigenvalue weighted by atomic mass is 16.5. The van der Waals surface area contributed by atoms with Crippen LogP contribution in [0.4, 0.5) is 11.8 Å². The van der Waals surface area contributed by atoms with Crippen LogP contribution in [0.25, 0.3) is 10.9 Å². The number of ether oxygens (including phenoxy) is 1. The summed E-state index contributed by atoms with van der Waals surface area (Å²) in [5.41, 5.74) is 6.71. The van der Waals surface area contributed by atoms with Crippen LogP contribution in [0.3, 0.4) is 0 Å². The second kappa shape index (κ2) is 4.66. The Morgan fingerprint density at radius 2 is 1.84 bits per heavy atom. The Hall–Kier alpha value is -1.88. The average Bonchev–Trinajstić information content (AvgIpc) is 2.36. The lowest BCUT2D eigenvalue weighted by Crippen LogP contribution is -2.46. The quantitative estimate of drug-likeness (QED) is 0.845. The van der Waals surface area contributed by atoms with Crippen LogP contribution in [0, 0.1) is 0 Å². The number of fused-ring (bicyclic) bond motifs is 1. The molecule has 2 atom stereocenters. The number of hydrogen-bond donors (Lipinski definition) is 1. The molecule has 0 radical (unpaired) electrons. The van der Waals surface area contributed by atoms with E-state index < -0.39 is 0 Å². The van der Waals surface area contributed by atoms with Crippen LogP contribution in [-0.4, -0.2) is 35.3 Å². The molecule has 100 valence electrons. The van der Waals surface area contributed by atoms with Crippen LogP contribution in [0.2, 0.25) is 0 Å². The third kappa shape index (κ3) is 2.33. The van der Waals surface area contributed by atoms with Gasteiger partial charge < -0.3 is 15.4 Å². The molecule has 2 unspecified atom stereocenters. The molecule has 1 saturated heterocycles. The minimum atomic E-state index is 0.193. The van der Waals surface area contributed by atoms with Crippen molar-refractivity contribution in [2.75, 3.05) is 23.7 Å². The predicted octanol–water partition coefficient (Wildman–Crippen LogP) is 1.83. The van der Waals surface area contributed by atoms with E-state index in [4.69, 9.17) is 10.5 Å². The molecule has 0 bridgehead atoms. The first-order valence-electron chi connectivity index (χ1n) is 6.56. The second-order valence-corrected chi connectivity index (χ2v) is 5.08. The zero-order chi connectivity index (χ0) is 13.4. The van der Waals surface area contributed by atoms with Gasteiger partial charge in [0, 0.05) is 18.5 Å². The molecule has 0 spiro atoms. The molecule has 0 saturated carbocycles. The fourth-order valence-electron chi connectivity index (χ4n) is 2.67. The number of hydrogen-bond acceptors (Lipinski definition) is 5. The number of benzene rings is 1. The molecule has 2 N–H and O–H groups in total. The Balaban J connectivity index is 2.08. The molecule has 5 nitrogen and oxygen atoms in total. The molecule has 1 aliphatic rings. The topological polar surface area (TPSA) is 64.3 Å². The summed E-state index contributed by atoms with van der Waals surface area (Å²) in [5, 5.41) is 1.04. The summed E-state index contributed by atoms with van der Waals surface area (Å²) in [6, 6.07) is 7.96. The molecule has 3 rings (SSSR count). The van der Waals surface area contributed by atoms with E-state index in [-0.39, 0.29) is 12.2 Å². The lowest BCUT2D eigenvalue weighted by molar-refractivity contribution is -0.00536. The van der Waals surface area contributed by atoms with Gasteiger partial charge in [-0.15, -0.1) is 0 Å². The van der Waals surface area contributed by atoms with Crippen LogP contribution < -0.4 is 10.6 Å². The fourth-order valence-corrected chi connectivity index (χ4v) is 2.67. The van der Waals surface area contributed by atoms with Crippen LogP contribution in [0.5, 0.6) is 0 Å². The van der Waals surface area contributed by atoms with Gasteiger partial charge in [-0.05, 0) is 26.0 Å². The SMILES string of the molecule is CC1CN(c2nc(N)nc3ccccc23)CC(C)O1. The zero-order valence-electron chi connectivity index (χ0n) is 11.2. The van der Waals surface area contributed by atoms with Gasteiger partial charge in [0.2, 0.25) is 5.95 Å². The molecule has 1 aliphatic heterocycles. The van der Waals surface area contributed by atoms with Crippen molar-refractivity contribution in [1.29, 1.82) is 0 Å². The van der Waals surface area contributed by atoms with Gasteiger partial charge >= 0.3 is 0 Å². The molecule has 19 heavy (non-hydrogen) atoms. The lowest BCUT2D eigenvalue weighted by Gasteiger charge is -2.36. The number of anilines is 2. The number of aromatic nitrogens is 2. The number of nitrogens with two attached hydrogens (primary N) is 1. The Morgan fingerprint density at radius 1 is 1.16 bits per heavy atom. The summed E-state index contributed by atoms with van der Waals surface area (Å²) in [5.74, 6) is 1.23. The van der Waals surface area contributed by atoms with Crippen molar-refractivity contribution in [3.8, 4) is 0 Å². The molecule has 1 fully saturated rings. The summed E-state index contributed by atoms with van der Waals surface area (Å²) in [4.78, 5) is 10.9. The lowest BCUT2D eigenvalue weighted by atomic mass is 10.2. The summed E-state index contributed by atoms with van der Waals surface area (Å²) in [7, 11) is 0. The van der Waals surface area contributed by atoms with Crippen LogP contribution in [0.1, 0.15) is 13.8 Å². The normalized spacial score (nSPS) is 23.8. The molecule has 5 heteroatoms. The van der Waals surface area contributed by atoms with Crippen molar-refractivity contribution in [3.05, 3.63) is 24.3 Å². The maximum absolute atomic E-state index is 5.82. The van der Waals surface area contributed by atoms with E-state index in [0.717, 1.165) is 29.8 Å². The van der Waals surface area contributed by atoms with E-state index in [1.165, 1.54) is 0 Å². The van der Waals surface area contributed by atoms with E-state index in [9.17, 15) is 0 Å². The highest BCUT2D eigenvalue weighted by Gasteiger charge is 2.24. The minimum Gasteiger partial charge on any atom is -0.372 e. The van der Waals surface area contributed by atoms with Gasteiger partial charge in [0.1, 0.15) is 5.82 Å². The van der Waals surface area contributed by atoms with Gasteiger partial charge in [0.25, 0.3) is 0 Å². The first kappa shape index (κ1) is 12.2. The second-order valence-electron chi connectivity index (χ2n) is 5.08. The van der Waals surface area contributed by atoms with Gasteiger partial charge in [0.15, 0.2) is 0 Å². The Morgan fingerprint density at radius 3 is 2.58 bits per heavy atom. The van der Waals surface area contributed by atoms with Gasteiger partial charge in [-0.3, -0.25) is 0 Å². The van der Waals surface area contributed by atoms with Crippen molar-refractivity contribution in [3.63, 3.8) is 0 Å². The number of nitrogen functional groups attached to an aromatic ring is 1. The van der Waals surface area contributed by atoms with Crippen molar-refractivity contribution in [2.24, 2.45) is 0 Å². The maximum atomic E-state index is 5.82. The van der Waals surface area contributed by atoms with Crippen molar-refractivity contribution in [2.45, 2.75) is 26.1 Å². The maximum Gasteiger partial charge on any atom is 0.222 e. The van der Waals surface area contributed by atoms with E-state index in [0.29, 0.717) is 5.95 Å². The standard InChI is InChI=1S/C14H18N4O/c1-9-7-18(8-10(2)19-9)13-11-5-3-4-6-12(11)16-14(15)17-13/h3-6,9-10H,7-8H2,1-2H3,(H2,15,16,17).